The Balaban J connectivity index is 1.51. The number of amides is 2. The highest BCUT2D eigenvalue weighted by Crippen LogP contribution is 2.38. The molecule has 0 bridgehead atoms. The second-order valence-electron chi connectivity index (χ2n) is 6.23. The van der Waals surface area contributed by atoms with Crippen LogP contribution in [-0.4, -0.2) is 37.8 Å². The topological polar surface area (TPSA) is 76.7 Å². The van der Waals surface area contributed by atoms with Gasteiger partial charge in [0, 0.05) is 22.9 Å². The summed E-state index contributed by atoms with van der Waals surface area (Å²) in [5.41, 5.74) is 1.71. The fourth-order valence-corrected chi connectivity index (χ4v) is 4.14. The molecule has 3 rings (SSSR count). The van der Waals surface area contributed by atoms with Crippen LogP contribution in [0.15, 0.2) is 41.3 Å². The molecule has 1 unspecified atom stereocenters. The Morgan fingerprint density at radius 2 is 1.96 bits per heavy atom. The number of rotatable bonds is 7. The van der Waals surface area contributed by atoms with E-state index < -0.39 is 5.25 Å². The van der Waals surface area contributed by atoms with Gasteiger partial charge < -0.3 is 20.1 Å². The standard InChI is InChI=1S/C20H21ClN2O4S/c1-26-15-5-3-12(9-16(15)27-2)7-8-22-19(24)11-18-20(25)23-14-10-13(21)4-6-17(14)28-18/h3-6,9-10,18H,7-8,11H2,1-2H3,(H,22,24)(H,23,25). The quantitative estimate of drug-likeness (QED) is 0.716. The lowest BCUT2D eigenvalue weighted by Gasteiger charge is -2.23. The number of nitrogens with one attached hydrogen (secondary N) is 2. The Kier molecular flexibility index (Phi) is 6.70. The fourth-order valence-electron chi connectivity index (χ4n) is 2.88. The van der Waals surface area contributed by atoms with Crippen molar-refractivity contribution >= 4 is 40.9 Å². The van der Waals surface area contributed by atoms with Crippen LogP contribution in [-0.2, 0) is 16.0 Å². The zero-order chi connectivity index (χ0) is 20.1. The highest BCUT2D eigenvalue weighted by atomic mass is 35.5. The summed E-state index contributed by atoms with van der Waals surface area (Å²) in [5, 5.41) is 5.78. The number of anilines is 1. The summed E-state index contributed by atoms with van der Waals surface area (Å²) in [6.45, 7) is 0.472. The van der Waals surface area contributed by atoms with E-state index in [0.717, 1.165) is 10.5 Å². The van der Waals surface area contributed by atoms with Gasteiger partial charge in [-0.1, -0.05) is 17.7 Å². The van der Waals surface area contributed by atoms with E-state index in [1.807, 2.05) is 24.3 Å². The molecule has 0 aliphatic carbocycles. The van der Waals surface area contributed by atoms with Gasteiger partial charge in [-0.2, -0.15) is 0 Å². The molecule has 8 heteroatoms. The van der Waals surface area contributed by atoms with Crippen molar-refractivity contribution in [3.63, 3.8) is 0 Å². The molecule has 1 aliphatic heterocycles. The Hall–Kier alpha value is -2.38. The maximum Gasteiger partial charge on any atom is 0.238 e. The van der Waals surface area contributed by atoms with Crippen LogP contribution in [0, 0.1) is 0 Å². The van der Waals surface area contributed by atoms with Gasteiger partial charge in [-0.3, -0.25) is 9.59 Å². The second-order valence-corrected chi connectivity index (χ2v) is 7.91. The highest BCUT2D eigenvalue weighted by molar-refractivity contribution is 8.01. The molecule has 2 aromatic carbocycles. The third-order valence-electron chi connectivity index (χ3n) is 4.32. The normalized spacial score (nSPS) is 15.4. The summed E-state index contributed by atoms with van der Waals surface area (Å²) in [6.07, 6.45) is 0.766. The number of carbonyl (C=O) groups excluding carboxylic acids is 2. The molecule has 0 aromatic heterocycles. The zero-order valence-electron chi connectivity index (χ0n) is 15.6. The molecule has 2 aromatic rings. The van der Waals surface area contributed by atoms with Gasteiger partial charge in [0.15, 0.2) is 11.5 Å². The zero-order valence-corrected chi connectivity index (χ0v) is 17.2. The van der Waals surface area contributed by atoms with E-state index in [9.17, 15) is 9.59 Å². The minimum atomic E-state index is -0.463. The minimum absolute atomic E-state index is 0.116. The van der Waals surface area contributed by atoms with Gasteiger partial charge in [0.1, 0.15) is 0 Å². The van der Waals surface area contributed by atoms with Gasteiger partial charge in [0.05, 0.1) is 25.2 Å². The van der Waals surface area contributed by atoms with Crippen molar-refractivity contribution in [1.82, 2.24) is 5.32 Å². The van der Waals surface area contributed by atoms with Crippen LogP contribution in [0.4, 0.5) is 5.69 Å². The van der Waals surface area contributed by atoms with E-state index in [4.69, 9.17) is 21.1 Å². The molecular formula is C20H21ClN2O4S. The van der Waals surface area contributed by atoms with Gasteiger partial charge in [0.25, 0.3) is 0 Å². The average molecular weight is 421 g/mol. The largest absolute Gasteiger partial charge is 0.493 e. The number of ether oxygens (including phenoxy) is 2. The number of methoxy groups -OCH3 is 2. The number of fused-ring (bicyclic) bond motifs is 1. The van der Waals surface area contributed by atoms with Crippen molar-refractivity contribution in [2.45, 2.75) is 23.0 Å². The van der Waals surface area contributed by atoms with Crippen LogP contribution in [0.25, 0.3) is 0 Å². The number of carbonyl (C=O) groups is 2. The smallest absolute Gasteiger partial charge is 0.238 e. The summed E-state index contributed by atoms with van der Waals surface area (Å²) < 4.78 is 10.5. The van der Waals surface area contributed by atoms with Crippen molar-refractivity contribution in [3.8, 4) is 11.5 Å². The van der Waals surface area contributed by atoms with Crippen molar-refractivity contribution in [3.05, 3.63) is 47.0 Å². The lowest BCUT2D eigenvalue weighted by atomic mass is 10.1. The van der Waals surface area contributed by atoms with E-state index in [2.05, 4.69) is 10.6 Å². The molecule has 2 amide bonds. The van der Waals surface area contributed by atoms with Crippen LogP contribution >= 0.6 is 23.4 Å². The van der Waals surface area contributed by atoms with Gasteiger partial charge in [-0.25, -0.2) is 0 Å². The molecule has 1 heterocycles. The summed E-state index contributed by atoms with van der Waals surface area (Å²) in [4.78, 5) is 25.4. The number of hydrogen-bond acceptors (Lipinski definition) is 5. The molecule has 148 valence electrons. The lowest BCUT2D eigenvalue weighted by molar-refractivity contribution is -0.124. The predicted octanol–water partition coefficient (Wildman–Crippen LogP) is 3.52. The van der Waals surface area contributed by atoms with Gasteiger partial charge in [0.2, 0.25) is 11.8 Å². The third kappa shape index (κ3) is 4.91. The summed E-state index contributed by atoms with van der Waals surface area (Å²) in [6, 6.07) is 11.0. The predicted molar refractivity (Wildman–Crippen MR) is 111 cm³/mol. The number of thioether (sulfide) groups is 1. The van der Waals surface area contributed by atoms with E-state index >= 15 is 0 Å². The molecule has 0 saturated heterocycles. The average Bonchev–Trinajstić information content (AvgIpc) is 2.68. The molecule has 0 radical (unpaired) electrons. The summed E-state index contributed by atoms with van der Waals surface area (Å²) >= 11 is 7.33. The van der Waals surface area contributed by atoms with Crippen molar-refractivity contribution in [2.24, 2.45) is 0 Å². The molecule has 1 aliphatic rings. The van der Waals surface area contributed by atoms with Crippen LogP contribution < -0.4 is 20.1 Å². The Labute approximate surface area is 172 Å². The Morgan fingerprint density at radius 3 is 2.71 bits per heavy atom. The minimum Gasteiger partial charge on any atom is -0.493 e. The van der Waals surface area contributed by atoms with Crippen LogP contribution in [0.3, 0.4) is 0 Å². The first-order valence-electron chi connectivity index (χ1n) is 8.75. The summed E-state index contributed by atoms with van der Waals surface area (Å²) in [7, 11) is 3.17. The van der Waals surface area contributed by atoms with Crippen molar-refractivity contribution in [2.75, 3.05) is 26.1 Å². The van der Waals surface area contributed by atoms with Gasteiger partial charge in [-0.15, -0.1) is 11.8 Å². The van der Waals surface area contributed by atoms with Gasteiger partial charge in [-0.05, 0) is 42.3 Å². The van der Waals surface area contributed by atoms with Gasteiger partial charge >= 0.3 is 0 Å². The molecular weight excluding hydrogens is 400 g/mol. The first-order valence-corrected chi connectivity index (χ1v) is 10.0. The number of benzene rings is 2. The third-order valence-corrected chi connectivity index (χ3v) is 5.83. The SMILES string of the molecule is COc1ccc(CCNC(=O)CC2Sc3ccc(Cl)cc3NC2=O)cc1OC. The maximum absolute atomic E-state index is 12.3. The van der Waals surface area contributed by atoms with E-state index in [0.29, 0.717) is 35.2 Å². The molecule has 0 spiro atoms. The first kappa shape index (κ1) is 20.4. The maximum atomic E-state index is 12.3. The van der Waals surface area contributed by atoms with Crippen LogP contribution in [0.5, 0.6) is 11.5 Å². The molecule has 1 atom stereocenters. The second kappa shape index (κ2) is 9.21. The van der Waals surface area contributed by atoms with Crippen LogP contribution in [0.2, 0.25) is 5.02 Å². The molecule has 0 saturated carbocycles. The molecule has 6 nitrogen and oxygen atoms in total. The van der Waals surface area contributed by atoms with E-state index in [-0.39, 0.29) is 18.2 Å². The molecule has 0 fully saturated rings. The number of hydrogen-bond donors (Lipinski definition) is 2. The molecule has 2 N–H and O–H groups in total. The molecule has 28 heavy (non-hydrogen) atoms. The summed E-state index contributed by atoms with van der Waals surface area (Å²) in [5.74, 6) is 0.970. The number of halogens is 1. The first-order chi connectivity index (χ1) is 13.5. The highest BCUT2D eigenvalue weighted by Gasteiger charge is 2.29. The van der Waals surface area contributed by atoms with Crippen molar-refractivity contribution < 1.29 is 19.1 Å². The van der Waals surface area contributed by atoms with Crippen LogP contribution in [0.1, 0.15) is 12.0 Å². The lowest BCUT2D eigenvalue weighted by Crippen LogP contribution is -2.35. The monoisotopic (exact) mass is 420 g/mol. The fraction of sp³-hybridized carbons (Fsp3) is 0.300. The Bertz CT molecular complexity index is 891. The van der Waals surface area contributed by atoms with Crippen molar-refractivity contribution in [1.29, 1.82) is 0 Å². The van der Waals surface area contributed by atoms with E-state index in [1.165, 1.54) is 11.8 Å². The Morgan fingerprint density at radius 1 is 1.18 bits per heavy atom. The van der Waals surface area contributed by atoms with E-state index in [1.54, 1.807) is 26.4 Å².